The smallest absolute Gasteiger partial charge is 0.387 e. The Morgan fingerprint density at radius 2 is 1.55 bits per heavy atom. The zero-order valence-corrected chi connectivity index (χ0v) is 17.7. The molecule has 0 bridgehead atoms. The van der Waals surface area contributed by atoms with Crippen molar-refractivity contribution in [1.82, 2.24) is 15.1 Å². The van der Waals surface area contributed by atoms with Gasteiger partial charge in [0.2, 0.25) is 0 Å². The number of halogens is 2. The van der Waals surface area contributed by atoms with Gasteiger partial charge in [0, 0.05) is 26.2 Å². The zero-order valence-electron chi connectivity index (χ0n) is 17.7. The Hall–Kier alpha value is -3.88. The van der Waals surface area contributed by atoms with E-state index in [4.69, 9.17) is 4.42 Å². The van der Waals surface area contributed by atoms with Gasteiger partial charge in [0.1, 0.15) is 17.6 Å². The Labute approximate surface area is 189 Å². The molecular weight excluding hydrogens is 432 g/mol. The van der Waals surface area contributed by atoms with Gasteiger partial charge in [-0.05, 0) is 29.8 Å². The van der Waals surface area contributed by atoms with Crippen molar-refractivity contribution in [3.8, 4) is 5.75 Å². The molecule has 1 saturated heterocycles. The molecule has 172 valence electrons. The quantitative estimate of drug-likeness (QED) is 0.606. The van der Waals surface area contributed by atoms with Crippen LogP contribution in [0.1, 0.15) is 27.7 Å². The minimum absolute atomic E-state index is 0.0673. The Kier molecular flexibility index (Phi) is 6.87. The van der Waals surface area contributed by atoms with Crippen LogP contribution in [0, 0.1) is 0 Å². The highest BCUT2D eigenvalue weighted by Gasteiger charge is 2.29. The van der Waals surface area contributed by atoms with Gasteiger partial charge in [-0.3, -0.25) is 4.79 Å². The molecule has 0 aliphatic carbocycles. The number of benzene rings is 2. The number of rotatable bonds is 6. The largest absolute Gasteiger partial charge is 0.467 e. The van der Waals surface area contributed by atoms with Crippen LogP contribution in [-0.4, -0.2) is 54.5 Å². The van der Waals surface area contributed by atoms with Crippen LogP contribution in [0.15, 0.2) is 77.4 Å². The van der Waals surface area contributed by atoms with Gasteiger partial charge in [-0.2, -0.15) is 8.78 Å². The normalized spacial score (nSPS) is 14.8. The highest BCUT2D eigenvalue weighted by molar-refractivity contribution is 5.97. The monoisotopic (exact) mass is 455 g/mol. The summed E-state index contributed by atoms with van der Waals surface area (Å²) in [7, 11) is 0. The van der Waals surface area contributed by atoms with E-state index in [1.54, 1.807) is 29.4 Å². The second-order valence-corrected chi connectivity index (χ2v) is 7.46. The zero-order chi connectivity index (χ0) is 23.2. The lowest BCUT2D eigenvalue weighted by molar-refractivity contribution is -0.0503. The maximum absolute atomic E-state index is 13.0. The van der Waals surface area contributed by atoms with Crippen LogP contribution in [-0.2, 0) is 0 Å². The fourth-order valence-electron chi connectivity index (χ4n) is 3.76. The van der Waals surface area contributed by atoms with Gasteiger partial charge in [-0.1, -0.05) is 42.5 Å². The van der Waals surface area contributed by atoms with E-state index in [1.165, 1.54) is 23.1 Å². The van der Waals surface area contributed by atoms with Crippen molar-refractivity contribution in [3.63, 3.8) is 0 Å². The Bertz CT molecular complexity index is 1070. The molecule has 1 aliphatic rings. The number of alkyl halides is 2. The van der Waals surface area contributed by atoms with Crippen molar-refractivity contribution in [2.75, 3.05) is 26.2 Å². The van der Waals surface area contributed by atoms with Gasteiger partial charge in [0.05, 0.1) is 11.8 Å². The molecule has 1 unspecified atom stereocenters. The van der Waals surface area contributed by atoms with Crippen molar-refractivity contribution in [2.24, 2.45) is 0 Å². The van der Waals surface area contributed by atoms with E-state index in [0.717, 1.165) is 5.56 Å². The molecule has 2 heterocycles. The number of carbonyl (C=O) groups excluding carboxylic acids is 2. The van der Waals surface area contributed by atoms with Gasteiger partial charge in [-0.15, -0.1) is 0 Å². The van der Waals surface area contributed by atoms with E-state index < -0.39 is 18.6 Å². The Balaban J connectivity index is 1.40. The number of amides is 3. The molecule has 4 rings (SSSR count). The van der Waals surface area contributed by atoms with Crippen molar-refractivity contribution in [1.29, 1.82) is 0 Å². The van der Waals surface area contributed by atoms with Crippen LogP contribution in [0.25, 0.3) is 0 Å². The van der Waals surface area contributed by atoms with Crippen LogP contribution < -0.4 is 10.1 Å². The fraction of sp³-hybridized carbons (Fsp3) is 0.250. The molecule has 7 nitrogen and oxygen atoms in total. The summed E-state index contributed by atoms with van der Waals surface area (Å²) in [5.74, 6) is 0.0323. The molecule has 0 spiro atoms. The lowest BCUT2D eigenvalue weighted by Gasteiger charge is -2.35. The van der Waals surface area contributed by atoms with Gasteiger partial charge in [0.25, 0.3) is 5.91 Å². The highest BCUT2D eigenvalue weighted by Crippen LogP contribution is 2.24. The van der Waals surface area contributed by atoms with Gasteiger partial charge in [0.15, 0.2) is 0 Å². The van der Waals surface area contributed by atoms with Crippen LogP contribution in [0.3, 0.4) is 0 Å². The summed E-state index contributed by atoms with van der Waals surface area (Å²) in [6.07, 6.45) is 1.55. The van der Waals surface area contributed by atoms with Gasteiger partial charge >= 0.3 is 12.6 Å². The number of furan rings is 1. The van der Waals surface area contributed by atoms with E-state index in [2.05, 4.69) is 10.1 Å². The molecular formula is C24H23F2N3O4. The molecule has 0 saturated carbocycles. The average Bonchev–Trinajstić information content (AvgIpc) is 3.37. The summed E-state index contributed by atoms with van der Waals surface area (Å²) < 4.78 is 35.3. The molecule has 33 heavy (non-hydrogen) atoms. The van der Waals surface area contributed by atoms with Gasteiger partial charge in [-0.25, -0.2) is 4.79 Å². The summed E-state index contributed by atoms with van der Waals surface area (Å²) in [5.41, 5.74) is 0.947. The molecule has 3 amide bonds. The van der Waals surface area contributed by atoms with Crippen LogP contribution in [0.5, 0.6) is 5.75 Å². The maximum atomic E-state index is 13.0. The first kappa shape index (κ1) is 22.3. The van der Waals surface area contributed by atoms with Crippen LogP contribution in [0.2, 0.25) is 0 Å². The molecule has 1 aromatic heterocycles. The summed E-state index contributed by atoms with van der Waals surface area (Å²) in [6.45, 7) is -1.88. The van der Waals surface area contributed by atoms with Crippen molar-refractivity contribution in [2.45, 2.75) is 12.7 Å². The molecule has 9 heteroatoms. The minimum Gasteiger partial charge on any atom is -0.467 e. The predicted molar refractivity (Wildman–Crippen MR) is 116 cm³/mol. The average molecular weight is 455 g/mol. The summed E-state index contributed by atoms with van der Waals surface area (Å²) in [4.78, 5) is 29.0. The van der Waals surface area contributed by atoms with Crippen molar-refractivity contribution < 1.29 is 27.5 Å². The minimum atomic E-state index is -3.02. The molecule has 3 aromatic rings. The summed E-state index contributed by atoms with van der Waals surface area (Å²) >= 11 is 0. The number of nitrogens with one attached hydrogen (secondary N) is 1. The molecule has 0 radical (unpaired) electrons. The number of urea groups is 1. The van der Waals surface area contributed by atoms with Crippen molar-refractivity contribution >= 4 is 11.9 Å². The highest BCUT2D eigenvalue weighted by atomic mass is 19.3. The lowest BCUT2D eigenvalue weighted by Crippen LogP contribution is -2.53. The summed E-state index contributed by atoms with van der Waals surface area (Å²) in [6, 6.07) is 18.2. The third kappa shape index (κ3) is 5.31. The first-order valence-electron chi connectivity index (χ1n) is 10.5. The van der Waals surface area contributed by atoms with Crippen LogP contribution >= 0.6 is 0 Å². The number of hydrogen-bond donors (Lipinski definition) is 1. The molecule has 1 N–H and O–H groups in total. The summed E-state index contributed by atoms with van der Waals surface area (Å²) in [5, 5.41) is 3.00. The van der Waals surface area contributed by atoms with Gasteiger partial charge < -0.3 is 24.3 Å². The topological polar surface area (TPSA) is 75.0 Å². The third-order valence-electron chi connectivity index (χ3n) is 5.42. The lowest BCUT2D eigenvalue weighted by atomic mass is 10.0. The molecule has 2 aromatic carbocycles. The fourth-order valence-corrected chi connectivity index (χ4v) is 3.76. The SMILES string of the molecule is O=C(NC(c1ccccc1)c1ccco1)N1CCN(C(=O)c2ccccc2OC(F)F)CC1. The Morgan fingerprint density at radius 1 is 0.879 bits per heavy atom. The standard InChI is InChI=1S/C24H23F2N3O4/c25-23(26)33-19-10-5-4-9-18(19)22(30)28-12-14-29(15-13-28)24(31)27-21(20-11-6-16-32-20)17-7-2-1-3-8-17/h1-11,16,21,23H,12-15H2,(H,27,31). The first-order chi connectivity index (χ1) is 16.0. The second-order valence-electron chi connectivity index (χ2n) is 7.46. The number of ether oxygens (including phenoxy) is 1. The molecule has 1 aliphatic heterocycles. The van der Waals surface area contributed by atoms with E-state index in [-0.39, 0.29) is 30.4 Å². The number of carbonyl (C=O) groups is 2. The third-order valence-corrected chi connectivity index (χ3v) is 5.42. The van der Waals surface area contributed by atoms with Crippen LogP contribution in [0.4, 0.5) is 13.6 Å². The number of hydrogen-bond acceptors (Lipinski definition) is 4. The first-order valence-corrected chi connectivity index (χ1v) is 10.5. The molecule has 1 atom stereocenters. The van der Waals surface area contributed by atoms with E-state index in [0.29, 0.717) is 18.8 Å². The number of nitrogens with zero attached hydrogens (tertiary/aromatic N) is 2. The molecule has 1 fully saturated rings. The second kappa shape index (κ2) is 10.2. The van der Waals surface area contributed by atoms with E-state index in [9.17, 15) is 18.4 Å². The Morgan fingerprint density at radius 3 is 2.21 bits per heavy atom. The number of para-hydroxylation sites is 1. The number of piperazine rings is 1. The predicted octanol–water partition coefficient (Wildman–Crippen LogP) is 4.14. The maximum Gasteiger partial charge on any atom is 0.387 e. The van der Waals surface area contributed by atoms with E-state index in [1.807, 2.05) is 30.3 Å². The van der Waals surface area contributed by atoms with E-state index >= 15 is 0 Å². The van der Waals surface area contributed by atoms with Crippen molar-refractivity contribution in [3.05, 3.63) is 89.9 Å².